The number of aliphatic imine (C=N–C) groups is 1. The number of primary sulfonamides is 1. The van der Waals surface area contributed by atoms with Gasteiger partial charge in [0.05, 0.1) is 21.2 Å². The molecule has 31 heavy (non-hydrogen) atoms. The molecule has 0 spiro atoms. The van der Waals surface area contributed by atoms with Gasteiger partial charge < -0.3 is 0 Å². The van der Waals surface area contributed by atoms with Gasteiger partial charge in [0.2, 0.25) is 10.0 Å². The van der Waals surface area contributed by atoms with Gasteiger partial charge in [0.15, 0.2) is 5.17 Å². The normalized spacial score (nSPS) is 17.0. The monoisotopic (exact) mass is 449 g/mol. The number of carbonyl (C=O) groups is 1. The summed E-state index contributed by atoms with van der Waals surface area (Å²) >= 11 is 1.27. The van der Waals surface area contributed by atoms with Crippen LogP contribution in [0.25, 0.3) is 6.08 Å². The van der Waals surface area contributed by atoms with Crippen LogP contribution < -0.4 is 10.0 Å². The molecule has 156 valence electrons. The van der Waals surface area contributed by atoms with Gasteiger partial charge in [-0.05, 0) is 66.7 Å². The molecule has 8 heteroatoms. The molecule has 0 saturated carbocycles. The summed E-state index contributed by atoms with van der Waals surface area (Å²) in [6, 6.07) is 23.1. The van der Waals surface area contributed by atoms with E-state index < -0.39 is 10.0 Å². The maximum atomic E-state index is 13.2. The van der Waals surface area contributed by atoms with Crippen LogP contribution in [0.1, 0.15) is 11.1 Å². The van der Waals surface area contributed by atoms with E-state index in [4.69, 9.17) is 5.14 Å². The molecule has 1 saturated heterocycles. The number of hydrogen-bond acceptors (Lipinski definition) is 5. The molecule has 1 aliphatic heterocycles. The van der Waals surface area contributed by atoms with Crippen LogP contribution in [-0.2, 0) is 14.8 Å². The molecule has 4 rings (SSSR count). The van der Waals surface area contributed by atoms with Crippen LogP contribution in [0.3, 0.4) is 0 Å². The van der Waals surface area contributed by atoms with Crippen LogP contribution in [0.5, 0.6) is 0 Å². The van der Waals surface area contributed by atoms with Crippen molar-refractivity contribution in [3.63, 3.8) is 0 Å². The van der Waals surface area contributed by atoms with Crippen molar-refractivity contribution in [1.82, 2.24) is 0 Å². The molecule has 0 aliphatic carbocycles. The fourth-order valence-corrected chi connectivity index (χ4v) is 4.60. The zero-order valence-electron chi connectivity index (χ0n) is 16.6. The third kappa shape index (κ3) is 4.77. The minimum absolute atomic E-state index is 0.00606. The van der Waals surface area contributed by atoms with Gasteiger partial charge in [0.25, 0.3) is 5.91 Å². The summed E-state index contributed by atoms with van der Waals surface area (Å²) in [5.41, 5.74) is 3.25. The molecule has 3 aromatic carbocycles. The molecule has 0 bridgehead atoms. The lowest BCUT2D eigenvalue weighted by molar-refractivity contribution is -0.113. The van der Waals surface area contributed by atoms with E-state index in [2.05, 4.69) is 4.99 Å². The summed E-state index contributed by atoms with van der Waals surface area (Å²) in [5.74, 6) is -0.169. The first kappa shape index (κ1) is 21.0. The van der Waals surface area contributed by atoms with Crippen LogP contribution in [0.4, 0.5) is 11.4 Å². The van der Waals surface area contributed by atoms with Crippen LogP contribution in [0.2, 0.25) is 0 Å². The number of nitrogens with two attached hydrogens (primary N) is 1. The molecule has 0 aromatic heterocycles. The summed E-state index contributed by atoms with van der Waals surface area (Å²) in [6.07, 6.45) is 1.85. The molecular formula is C23H19N3O3S2. The fourth-order valence-electron chi connectivity index (χ4n) is 3.09. The van der Waals surface area contributed by atoms with Crippen LogP contribution >= 0.6 is 11.8 Å². The molecule has 1 amide bonds. The third-order valence-electron chi connectivity index (χ3n) is 4.55. The Morgan fingerprint density at radius 2 is 1.68 bits per heavy atom. The second-order valence-electron chi connectivity index (χ2n) is 6.93. The van der Waals surface area contributed by atoms with Crippen molar-refractivity contribution in [1.29, 1.82) is 0 Å². The molecular weight excluding hydrogens is 430 g/mol. The minimum Gasteiger partial charge on any atom is -0.268 e. The van der Waals surface area contributed by atoms with Crippen molar-refractivity contribution in [2.75, 3.05) is 4.90 Å². The number of benzene rings is 3. The number of amidine groups is 1. The summed E-state index contributed by atoms with van der Waals surface area (Å²) in [4.78, 5) is 20.0. The Balaban J connectivity index is 1.75. The van der Waals surface area contributed by atoms with Gasteiger partial charge >= 0.3 is 0 Å². The van der Waals surface area contributed by atoms with E-state index in [1.807, 2.05) is 67.6 Å². The van der Waals surface area contributed by atoms with Crippen molar-refractivity contribution < 1.29 is 13.2 Å². The second-order valence-corrected chi connectivity index (χ2v) is 9.50. The average molecular weight is 450 g/mol. The molecule has 3 aromatic rings. The molecule has 1 heterocycles. The maximum Gasteiger partial charge on any atom is 0.271 e. The Labute approximate surface area is 185 Å². The van der Waals surface area contributed by atoms with Gasteiger partial charge in [-0.2, -0.15) is 0 Å². The number of anilines is 1. The van der Waals surface area contributed by atoms with Crippen molar-refractivity contribution in [3.05, 3.63) is 94.9 Å². The van der Waals surface area contributed by atoms with Gasteiger partial charge in [0, 0.05) is 0 Å². The summed E-state index contributed by atoms with van der Waals surface area (Å²) in [7, 11) is -3.78. The van der Waals surface area contributed by atoms with Gasteiger partial charge in [0.1, 0.15) is 0 Å². The lowest BCUT2D eigenvalue weighted by Gasteiger charge is -2.15. The van der Waals surface area contributed by atoms with Crippen molar-refractivity contribution >= 4 is 50.3 Å². The SMILES string of the molecule is Cc1cccc(C=C2SC(=Nc3ccc(S(N)(=O)=O)cc3)N(c3ccccc3)C2=O)c1. The van der Waals surface area contributed by atoms with E-state index >= 15 is 0 Å². The Bertz CT molecular complexity index is 1300. The quantitative estimate of drug-likeness (QED) is 0.596. The van der Waals surface area contributed by atoms with Crippen LogP contribution in [0, 0.1) is 6.92 Å². The van der Waals surface area contributed by atoms with Crippen molar-refractivity contribution in [2.45, 2.75) is 11.8 Å². The number of para-hydroxylation sites is 1. The first-order valence-corrected chi connectivity index (χ1v) is 11.7. The zero-order chi connectivity index (χ0) is 22.0. The highest BCUT2D eigenvalue weighted by atomic mass is 32.2. The zero-order valence-corrected chi connectivity index (χ0v) is 18.2. The summed E-state index contributed by atoms with van der Waals surface area (Å²) < 4.78 is 23.0. The number of carbonyl (C=O) groups excluding carboxylic acids is 1. The van der Waals surface area contributed by atoms with E-state index in [0.29, 0.717) is 21.4 Å². The molecule has 0 unspecified atom stereocenters. The Morgan fingerprint density at radius 1 is 0.968 bits per heavy atom. The molecule has 1 aliphatic rings. The second kappa shape index (κ2) is 8.50. The molecule has 1 fully saturated rings. The number of rotatable bonds is 4. The van der Waals surface area contributed by atoms with Crippen LogP contribution in [-0.4, -0.2) is 19.5 Å². The van der Waals surface area contributed by atoms with Crippen molar-refractivity contribution in [2.24, 2.45) is 10.1 Å². The maximum absolute atomic E-state index is 13.2. The highest BCUT2D eigenvalue weighted by Gasteiger charge is 2.34. The topological polar surface area (TPSA) is 92.8 Å². The first-order valence-electron chi connectivity index (χ1n) is 9.38. The van der Waals surface area contributed by atoms with Gasteiger partial charge in [-0.3, -0.25) is 9.69 Å². The molecule has 0 atom stereocenters. The standard InChI is InChI=1S/C23H19N3O3S2/c1-16-6-5-7-17(14-16)15-21-22(27)26(19-8-3-2-4-9-19)23(30-21)25-18-10-12-20(13-11-18)31(24,28)29/h2-15H,1H3,(H2,24,28,29). The number of hydrogen-bond donors (Lipinski definition) is 1. The Hall–Kier alpha value is -3.20. The van der Waals surface area contributed by atoms with E-state index in [-0.39, 0.29) is 10.8 Å². The third-order valence-corrected chi connectivity index (χ3v) is 6.45. The number of amides is 1. The highest BCUT2D eigenvalue weighted by molar-refractivity contribution is 8.19. The number of aryl methyl sites for hydroxylation is 1. The van der Waals surface area contributed by atoms with E-state index in [1.165, 1.54) is 23.9 Å². The smallest absolute Gasteiger partial charge is 0.268 e. The minimum atomic E-state index is -3.78. The number of sulfonamides is 1. The van der Waals surface area contributed by atoms with Gasteiger partial charge in [-0.25, -0.2) is 18.5 Å². The van der Waals surface area contributed by atoms with E-state index in [1.54, 1.807) is 17.0 Å². The first-order chi connectivity index (χ1) is 14.8. The van der Waals surface area contributed by atoms with E-state index in [0.717, 1.165) is 11.1 Å². The van der Waals surface area contributed by atoms with Gasteiger partial charge in [-0.15, -0.1) is 0 Å². The number of thioether (sulfide) groups is 1. The average Bonchev–Trinajstić information content (AvgIpc) is 3.03. The Kier molecular flexibility index (Phi) is 5.77. The lowest BCUT2D eigenvalue weighted by Crippen LogP contribution is -2.28. The van der Waals surface area contributed by atoms with Crippen molar-refractivity contribution in [3.8, 4) is 0 Å². The predicted molar refractivity (Wildman–Crippen MR) is 126 cm³/mol. The predicted octanol–water partition coefficient (Wildman–Crippen LogP) is 4.45. The highest BCUT2D eigenvalue weighted by Crippen LogP contribution is 2.37. The summed E-state index contributed by atoms with van der Waals surface area (Å²) in [5, 5.41) is 5.65. The van der Waals surface area contributed by atoms with Gasteiger partial charge in [-0.1, -0.05) is 48.0 Å². The fraction of sp³-hybridized carbons (Fsp3) is 0.0435. The largest absolute Gasteiger partial charge is 0.271 e. The van der Waals surface area contributed by atoms with Crippen LogP contribution in [0.15, 0.2) is 93.7 Å². The molecule has 6 nitrogen and oxygen atoms in total. The summed E-state index contributed by atoms with van der Waals surface area (Å²) in [6.45, 7) is 2.00. The number of nitrogens with zero attached hydrogens (tertiary/aromatic N) is 2. The lowest BCUT2D eigenvalue weighted by atomic mass is 10.1. The molecule has 2 N–H and O–H groups in total. The Morgan fingerprint density at radius 3 is 2.32 bits per heavy atom. The molecule has 0 radical (unpaired) electrons. The van der Waals surface area contributed by atoms with E-state index in [9.17, 15) is 13.2 Å².